The van der Waals surface area contributed by atoms with E-state index >= 15 is 0 Å². The fourth-order valence-corrected chi connectivity index (χ4v) is 1.02. The highest BCUT2D eigenvalue weighted by atomic mass is 16.5. The third-order valence-corrected chi connectivity index (χ3v) is 1.61. The summed E-state index contributed by atoms with van der Waals surface area (Å²) < 4.78 is 9.95. The van der Waals surface area contributed by atoms with E-state index in [1.54, 1.807) is 24.7 Å². The monoisotopic (exact) mass is 185 g/mol. The molecular weight excluding hydrogens is 178 g/mol. The third-order valence-electron chi connectivity index (χ3n) is 1.61. The van der Waals surface area contributed by atoms with Gasteiger partial charge in [0.15, 0.2) is 0 Å². The molecule has 1 aliphatic rings. The summed E-state index contributed by atoms with van der Waals surface area (Å²) in [5.41, 5.74) is 7.14. The molecule has 0 atom stereocenters. The van der Waals surface area contributed by atoms with Crippen molar-refractivity contribution in [3.05, 3.63) is 54.5 Å². The Balaban J connectivity index is 2.35. The van der Waals surface area contributed by atoms with Gasteiger partial charge >= 0.3 is 0 Å². The maximum absolute atomic E-state index is 5.02. The van der Waals surface area contributed by atoms with Gasteiger partial charge in [-0.15, -0.1) is 0 Å². The first-order valence-corrected chi connectivity index (χ1v) is 4.00. The van der Waals surface area contributed by atoms with Gasteiger partial charge in [-0.3, -0.25) is 0 Å². The van der Waals surface area contributed by atoms with Crippen LogP contribution in [0.3, 0.4) is 0 Å². The van der Waals surface area contributed by atoms with Gasteiger partial charge in [0.05, 0.1) is 18.6 Å². The zero-order valence-corrected chi connectivity index (χ0v) is 7.36. The fourth-order valence-electron chi connectivity index (χ4n) is 1.02. The largest absolute Gasteiger partial charge is 0.472 e. The quantitative estimate of drug-likeness (QED) is 0.524. The zero-order valence-electron chi connectivity index (χ0n) is 7.36. The molecule has 0 bridgehead atoms. The van der Waals surface area contributed by atoms with Crippen molar-refractivity contribution in [1.82, 2.24) is 0 Å². The average molecular weight is 185 g/mol. The molecule has 2 heterocycles. The molecule has 1 aliphatic heterocycles. The Bertz CT molecular complexity index is 467. The van der Waals surface area contributed by atoms with Crippen LogP contribution in [0.4, 0.5) is 0 Å². The van der Waals surface area contributed by atoms with Gasteiger partial charge in [0, 0.05) is 5.56 Å². The highest BCUT2D eigenvalue weighted by molar-refractivity contribution is 5.93. The second-order valence-corrected chi connectivity index (χ2v) is 2.51. The minimum absolute atomic E-state index is 0.440. The Labute approximate surface area is 81.0 Å². The van der Waals surface area contributed by atoms with Crippen LogP contribution in [-0.2, 0) is 4.74 Å². The van der Waals surface area contributed by atoms with E-state index in [1.807, 2.05) is 0 Å². The van der Waals surface area contributed by atoms with Crippen molar-refractivity contribution in [3.8, 4) is 0 Å². The van der Waals surface area contributed by atoms with E-state index < -0.39 is 0 Å². The van der Waals surface area contributed by atoms with E-state index in [4.69, 9.17) is 9.15 Å². The van der Waals surface area contributed by atoms with Crippen LogP contribution in [0.15, 0.2) is 58.4 Å². The van der Waals surface area contributed by atoms with Gasteiger partial charge in [-0.05, 0) is 11.8 Å². The first kappa shape index (κ1) is 8.39. The molecule has 0 N–H and O–H groups in total. The summed E-state index contributed by atoms with van der Waals surface area (Å²) in [6.07, 6.45) is 6.07. The average Bonchev–Trinajstić information content (AvgIpc) is 2.71. The van der Waals surface area contributed by atoms with E-state index in [2.05, 4.69) is 23.0 Å². The Kier molecular flexibility index (Phi) is 2.20. The maximum atomic E-state index is 5.02. The lowest BCUT2D eigenvalue weighted by Crippen LogP contribution is -1.96. The molecule has 0 spiro atoms. The molecule has 14 heavy (non-hydrogen) atoms. The SMILES string of the molecule is C=COC1=NC(c2ccoc2)=C=C=C1. The van der Waals surface area contributed by atoms with Crippen molar-refractivity contribution in [3.63, 3.8) is 0 Å². The van der Waals surface area contributed by atoms with Crippen molar-refractivity contribution >= 4 is 11.6 Å². The molecule has 0 saturated carbocycles. The second-order valence-electron chi connectivity index (χ2n) is 2.51. The smallest absolute Gasteiger partial charge is 0.228 e. The van der Waals surface area contributed by atoms with E-state index in [9.17, 15) is 0 Å². The summed E-state index contributed by atoms with van der Waals surface area (Å²) in [5, 5.41) is 0. The molecule has 0 unspecified atom stereocenters. The highest BCUT2D eigenvalue weighted by Gasteiger charge is 2.05. The van der Waals surface area contributed by atoms with Gasteiger partial charge < -0.3 is 9.15 Å². The number of ether oxygens (including phenoxy) is 1. The van der Waals surface area contributed by atoms with Crippen LogP contribution in [0, 0.1) is 0 Å². The summed E-state index contributed by atoms with van der Waals surface area (Å²) in [6.45, 7) is 3.44. The predicted octanol–water partition coefficient (Wildman–Crippen LogP) is 2.50. The van der Waals surface area contributed by atoms with Crippen molar-refractivity contribution < 1.29 is 9.15 Å². The van der Waals surface area contributed by atoms with E-state index in [0.717, 1.165) is 5.56 Å². The van der Waals surface area contributed by atoms with Gasteiger partial charge in [-0.2, -0.15) is 0 Å². The van der Waals surface area contributed by atoms with Crippen LogP contribution in [0.25, 0.3) is 5.70 Å². The summed E-state index contributed by atoms with van der Waals surface area (Å²) >= 11 is 0. The molecule has 0 radical (unpaired) electrons. The van der Waals surface area contributed by atoms with Gasteiger partial charge in [-0.1, -0.05) is 12.3 Å². The Morgan fingerprint density at radius 3 is 3.21 bits per heavy atom. The molecule has 0 fully saturated rings. The van der Waals surface area contributed by atoms with Crippen molar-refractivity contribution in [2.45, 2.75) is 0 Å². The number of nitrogens with zero attached hydrogens (tertiary/aromatic N) is 1. The molecular formula is C11H7NO2. The summed E-state index contributed by atoms with van der Waals surface area (Å²) in [5.74, 6) is 0.440. The highest BCUT2D eigenvalue weighted by Crippen LogP contribution is 2.16. The summed E-state index contributed by atoms with van der Waals surface area (Å²) in [7, 11) is 0. The normalized spacial score (nSPS) is 13.4. The van der Waals surface area contributed by atoms with Crippen LogP contribution in [0.2, 0.25) is 0 Å². The molecule has 1 aromatic heterocycles. The molecule has 0 aliphatic carbocycles. The Morgan fingerprint density at radius 2 is 2.50 bits per heavy atom. The number of furan rings is 1. The van der Waals surface area contributed by atoms with Gasteiger partial charge in [0.2, 0.25) is 5.90 Å². The minimum Gasteiger partial charge on any atom is -0.472 e. The van der Waals surface area contributed by atoms with Crippen molar-refractivity contribution in [1.29, 1.82) is 0 Å². The van der Waals surface area contributed by atoms with Crippen molar-refractivity contribution in [2.75, 3.05) is 0 Å². The van der Waals surface area contributed by atoms with Gasteiger partial charge in [0.1, 0.15) is 12.0 Å². The summed E-state index contributed by atoms with van der Waals surface area (Å²) in [6, 6.07) is 1.80. The molecule has 0 amide bonds. The number of aliphatic imine (C=N–C) groups is 1. The Hall–Kier alpha value is -2.21. The second kappa shape index (κ2) is 3.67. The predicted molar refractivity (Wildman–Crippen MR) is 52.4 cm³/mol. The van der Waals surface area contributed by atoms with Crippen LogP contribution >= 0.6 is 0 Å². The topological polar surface area (TPSA) is 34.7 Å². The van der Waals surface area contributed by atoms with Crippen LogP contribution in [0.1, 0.15) is 5.56 Å². The van der Waals surface area contributed by atoms with Crippen LogP contribution in [-0.4, -0.2) is 5.90 Å². The van der Waals surface area contributed by atoms with Gasteiger partial charge in [0.25, 0.3) is 0 Å². The molecule has 3 heteroatoms. The van der Waals surface area contributed by atoms with Crippen molar-refractivity contribution in [2.24, 2.45) is 4.99 Å². The maximum Gasteiger partial charge on any atom is 0.228 e. The lowest BCUT2D eigenvalue weighted by atomic mass is 10.2. The number of hydrogen-bond donors (Lipinski definition) is 0. The molecule has 3 nitrogen and oxygen atoms in total. The lowest BCUT2D eigenvalue weighted by molar-refractivity contribution is 0.479. The number of rotatable bonds is 2. The Morgan fingerprint density at radius 1 is 1.57 bits per heavy atom. The fraction of sp³-hybridized carbons (Fsp3) is 0. The summed E-state index contributed by atoms with van der Waals surface area (Å²) in [4.78, 5) is 4.16. The molecule has 0 aromatic carbocycles. The first-order valence-electron chi connectivity index (χ1n) is 4.00. The molecule has 0 saturated heterocycles. The molecule has 2 rings (SSSR count). The lowest BCUT2D eigenvalue weighted by Gasteiger charge is -2.00. The number of hydrogen-bond acceptors (Lipinski definition) is 3. The standard InChI is InChI=1S/C11H7NO2/c1-2-14-11-5-3-4-10(12-11)9-6-7-13-8-9/h2,5-8H,1H2. The first-order chi connectivity index (χ1) is 6.90. The van der Waals surface area contributed by atoms with Gasteiger partial charge in [-0.25, -0.2) is 4.99 Å². The van der Waals surface area contributed by atoms with Crippen LogP contribution in [0.5, 0.6) is 0 Å². The zero-order chi connectivity index (χ0) is 9.80. The van der Waals surface area contributed by atoms with Crippen LogP contribution < -0.4 is 0 Å². The van der Waals surface area contributed by atoms with E-state index in [0.29, 0.717) is 11.6 Å². The third kappa shape index (κ3) is 1.59. The van der Waals surface area contributed by atoms with E-state index in [-0.39, 0.29) is 0 Å². The molecule has 1 aromatic rings. The molecule has 68 valence electrons. The van der Waals surface area contributed by atoms with E-state index in [1.165, 1.54) is 6.26 Å². The minimum atomic E-state index is 0.440.